The van der Waals surface area contributed by atoms with Gasteiger partial charge in [-0.15, -0.1) is 0 Å². The summed E-state index contributed by atoms with van der Waals surface area (Å²) in [7, 11) is -3.52. The van der Waals surface area contributed by atoms with Crippen molar-refractivity contribution in [2.24, 2.45) is 0 Å². The number of amides is 1. The third-order valence-corrected chi connectivity index (χ3v) is 7.88. The van der Waals surface area contributed by atoms with E-state index in [0.29, 0.717) is 24.4 Å². The van der Waals surface area contributed by atoms with E-state index in [1.807, 2.05) is 36.4 Å². The second kappa shape index (κ2) is 8.41. The van der Waals surface area contributed by atoms with Crippen LogP contribution in [0.5, 0.6) is 0 Å². The number of hydrogen-bond acceptors (Lipinski definition) is 4. The van der Waals surface area contributed by atoms with Gasteiger partial charge >= 0.3 is 0 Å². The van der Waals surface area contributed by atoms with E-state index < -0.39 is 10.0 Å². The van der Waals surface area contributed by atoms with Gasteiger partial charge in [0, 0.05) is 24.2 Å². The van der Waals surface area contributed by atoms with Crippen molar-refractivity contribution in [1.29, 1.82) is 0 Å². The summed E-state index contributed by atoms with van der Waals surface area (Å²) in [5.74, 6) is -0.175. The Bertz CT molecular complexity index is 1380. The van der Waals surface area contributed by atoms with Gasteiger partial charge in [0.25, 0.3) is 5.91 Å². The molecule has 3 aromatic carbocycles. The zero-order valence-electron chi connectivity index (χ0n) is 17.6. The molecule has 0 unspecified atom stereocenters. The fourth-order valence-electron chi connectivity index (χ4n) is 4.24. The minimum absolute atomic E-state index is 0.206. The van der Waals surface area contributed by atoms with Gasteiger partial charge in [-0.3, -0.25) is 4.79 Å². The molecule has 1 saturated heterocycles. The van der Waals surface area contributed by atoms with Crippen molar-refractivity contribution in [3.05, 3.63) is 72.5 Å². The highest BCUT2D eigenvalue weighted by molar-refractivity contribution is 7.89. The Hall–Kier alpha value is -3.16. The van der Waals surface area contributed by atoms with Crippen LogP contribution in [0.1, 0.15) is 36.2 Å². The van der Waals surface area contributed by atoms with Crippen LogP contribution in [0.4, 0.5) is 5.69 Å². The maximum Gasteiger partial charge on any atom is 0.291 e. The van der Waals surface area contributed by atoms with E-state index in [1.54, 1.807) is 34.6 Å². The molecule has 1 aromatic heterocycles. The smallest absolute Gasteiger partial charge is 0.291 e. The number of sulfonamides is 1. The molecule has 1 aliphatic heterocycles. The van der Waals surface area contributed by atoms with Crippen LogP contribution < -0.4 is 5.32 Å². The number of carbonyl (C=O) groups is 1. The van der Waals surface area contributed by atoms with Crippen molar-refractivity contribution in [1.82, 2.24) is 4.31 Å². The summed E-state index contributed by atoms with van der Waals surface area (Å²) < 4.78 is 33.2. The Kier molecular flexibility index (Phi) is 5.45. The Morgan fingerprint density at radius 3 is 2.31 bits per heavy atom. The zero-order valence-corrected chi connectivity index (χ0v) is 18.4. The maximum absolute atomic E-state index is 12.9. The van der Waals surface area contributed by atoms with Crippen LogP contribution in [0.25, 0.3) is 21.7 Å². The van der Waals surface area contributed by atoms with Crippen molar-refractivity contribution < 1.29 is 17.6 Å². The fourth-order valence-corrected chi connectivity index (χ4v) is 5.76. The molecule has 0 spiro atoms. The summed E-state index contributed by atoms with van der Waals surface area (Å²) >= 11 is 0. The molecule has 6 nitrogen and oxygen atoms in total. The van der Waals surface area contributed by atoms with Crippen LogP contribution in [-0.4, -0.2) is 31.7 Å². The Balaban J connectivity index is 1.35. The maximum atomic E-state index is 12.9. The zero-order chi connectivity index (χ0) is 22.1. The predicted molar refractivity (Wildman–Crippen MR) is 125 cm³/mol. The van der Waals surface area contributed by atoms with Gasteiger partial charge in [-0.2, -0.15) is 4.31 Å². The minimum Gasteiger partial charge on any atom is -0.451 e. The Morgan fingerprint density at radius 2 is 1.56 bits per heavy atom. The second-order valence-electron chi connectivity index (χ2n) is 8.11. The highest BCUT2D eigenvalue weighted by Gasteiger charge is 2.25. The van der Waals surface area contributed by atoms with Crippen molar-refractivity contribution >= 4 is 43.4 Å². The number of anilines is 1. The first-order chi connectivity index (χ1) is 15.5. The number of carbonyl (C=O) groups excluding carboxylic acids is 1. The lowest BCUT2D eigenvalue weighted by molar-refractivity contribution is 0.0998. The van der Waals surface area contributed by atoms with E-state index in [9.17, 15) is 13.2 Å². The minimum atomic E-state index is -3.52. The molecular weight excluding hydrogens is 424 g/mol. The summed E-state index contributed by atoms with van der Waals surface area (Å²) in [6, 6.07) is 19.8. The molecule has 0 aliphatic carbocycles. The van der Waals surface area contributed by atoms with E-state index in [-0.39, 0.29) is 16.6 Å². The van der Waals surface area contributed by atoms with Gasteiger partial charge in [0.15, 0.2) is 5.76 Å². The SMILES string of the molecule is O=C(Nc1ccc(S(=O)(=O)N2CCCCCC2)cc1)c1cc2c(ccc3ccccc32)o1. The topological polar surface area (TPSA) is 79.6 Å². The van der Waals surface area contributed by atoms with Gasteiger partial charge in [-0.25, -0.2) is 8.42 Å². The van der Waals surface area contributed by atoms with Crippen LogP contribution >= 0.6 is 0 Å². The van der Waals surface area contributed by atoms with Crippen LogP contribution in [0, 0.1) is 0 Å². The number of nitrogens with one attached hydrogen (secondary N) is 1. The van der Waals surface area contributed by atoms with Crippen molar-refractivity contribution in [2.75, 3.05) is 18.4 Å². The van der Waals surface area contributed by atoms with E-state index >= 15 is 0 Å². The highest BCUT2D eigenvalue weighted by Crippen LogP contribution is 2.29. The van der Waals surface area contributed by atoms with Crippen molar-refractivity contribution in [3.63, 3.8) is 0 Å². The standard InChI is InChI=1S/C25H24N2O4S/c28-25(24-17-22-21-8-4-3-7-18(21)9-14-23(22)31-24)26-19-10-12-20(13-11-19)32(29,30)27-15-5-1-2-6-16-27/h3-4,7-14,17H,1-2,5-6,15-16H2,(H,26,28). The van der Waals surface area contributed by atoms with Gasteiger partial charge in [0.05, 0.1) is 4.90 Å². The average molecular weight is 449 g/mol. The summed E-state index contributed by atoms with van der Waals surface area (Å²) in [6.45, 7) is 1.11. The lowest BCUT2D eigenvalue weighted by atomic mass is 10.1. The largest absolute Gasteiger partial charge is 0.451 e. The molecule has 164 valence electrons. The molecule has 7 heteroatoms. The van der Waals surface area contributed by atoms with E-state index in [1.165, 1.54) is 0 Å². The molecular formula is C25H24N2O4S. The van der Waals surface area contributed by atoms with E-state index in [4.69, 9.17) is 4.42 Å². The number of nitrogens with zero attached hydrogens (tertiary/aromatic N) is 1. The van der Waals surface area contributed by atoms with Crippen LogP contribution in [0.2, 0.25) is 0 Å². The molecule has 4 aromatic rings. The van der Waals surface area contributed by atoms with Gasteiger partial charge < -0.3 is 9.73 Å². The summed E-state index contributed by atoms with van der Waals surface area (Å²) in [5, 5.41) is 5.78. The summed E-state index contributed by atoms with van der Waals surface area (Å²) in [6.07, 6.45) is 3.91. The van der Waals surface area contributed by atoms with E-state index in [0.717, 1.165) is 41.8 Å². The number of benzene rings is 3. The third kappa shape index (κ3) is 3.89. The van der Waals surface area contributed by atoms with Gasteiger partial charge in [0.1, 0.15) is 5.58 Å². The molecule has 2 heterocycles. The fraction of sp³-hybridized carbons (Fsp3) is 0.240. The normalized spacial score (nSPS) is 15.6. The number of fused-ring (bicyclic) bond motifs is 3. The molecule has 1 aliphatic rings. The van der Waals surface area contributed by atoms with Gasteiger partial charge in [-0.05, 0) is 60.0 Å². The Labute approximate surface area is 186 Å². The Morgan fingerprint density at radius 1 is 0.844 bits per heavy atom. The first kappa shape index (κ1) is 20.7. The lowest BCUT2D eigenvalue weighted by Gasteiger charge is -2.20. The summed E-state index contributed by atoms with van der Waals surface area (Å²) in [4.78, 5) is 13.0. The predicted octanol–water partition coefficient (Wildman–Crippen LogP) is 5.40. The van der Waals surface area contributed by atoms with Gasteiger partial charge in [0.2, 0.25) is 10.0 Å². The molecule has 1 N–H and O–H groups in total. The molecule has 0 radical (unpaired) electrons. The molecule has 0 atom stereocenters. The molecule has 0 bridgehead atoms. The van der Waals surface area contributed by atoms with Crippen LogP contribution in [0.15, 0.2) is 76.0 Å². The molecule has 0 saturated carbocycles. The van der Waals surface area contributed by atoms with Gasteiger partial charge in [-0.1, -0.05) is 43.2 Å². The van der Waals surface area contributed by atoms with Crippen LogP contribution in [0.3, 0.4) is 0 Å². The van der Waals surface area contributed by atoms with Crippen molar-refractivity contribution in [3.8, 4) is 0 Å². The van der Waals surface area contributed by atoms with Crippen LogP contribution in [-0.2, 0) is 10.0 Å². The molecule has 5 rings (SSSR count). The third-order valence-electron chi connectivity index (χ3n) is 5.96. The number of furan rings is 1. The lowest BCUT2D eigenvalue weighted by Crippen LogP contribution is -2.31. The number of hydrogen-bond donors (Lipinski definition) is 1. The van der Waals surface area contributed by atoms with Crippen molar-refractivity contribution in [2.45, 2.75) is 30.6 Å². The second-order valence-corrected chi connectivity index (χ2v) is 10.0. The van der Waals surface area contributed by atoms with E-state index in [2.05, 4.69) is 5.32 Å². The molecule has 1 fully saturated rings. The summed E-state index contributed by atoms with van der Waals surface area (Å²) in [5.41, 5.74) is 1.16. The first-order valence-electron chi connectivity index (χ1n) is 10.9. The first-order valence-corrected chi connectivity index (χ1v) is 12.3. The average Bonchev–Trinajstić information content (AvgIpc) is 3.06. The highest BCUT2D eigenvalue weighted by atomic mass is 32.2. The molecule has 1 amide bonds. The number of rotatable bonds is 4. The quantitative estimate of drug-likeness (QED) is 0.453. The monoisotopic (exact) mass is 448 g/mol. The molecule has 32 heavy (non-hydrogen) atoms.